The first-order chi connectivity index (χ1) is 12.6. The van der Waals surface area contributed by atoms with E-state index in [0.717, 1.165) is 17.0 Å². The lowest BCUT2D eigenvalue weighted by Crippen LogP contribution is -2.21. The second-order valence-corrected chi connectivity index (χ2v) is 6.08. The van der Waals surface area contributed by atoms with Crippen LogP contribution in [0.4, 0.5) is 11.4 Å². The molecule has 1 amide bonds. The lowest BCUT2D eigenvalue weighted by molar-refractivity contribution is -0.114. The molecule has 0 spiro atoms. The van der Waals surface area contributed by atoms with Gasteiger partial charge in [0.15, 0.2) is 0 Å². The quantitative estimate of drug-likeness (QED) is 0.651. The van der Waals surface area contributed by atoms with Crippen LogP contribution in [0.3, 0.4) is 0 Å². The maximum Gasteiger partial charge on any atom is 0.243 e. The number of carbonyl (C=O) groups excluding carboxylic acids is 1. The van der Waals surface area contributed by atoms with E-state index in [0.29, 0.717) is 16.5 Å². The third-order valence-corrected chi connectivity index (χ3v) is 4.06. The number of hydrogen-bond donors (Lipinski definition) is 2. The van der Waals surface area contributed by atoms with Crippen LogP contribution in [0.1, 0.15) is 5.56 Å². The Hall–Kier alpha value is -3.05. The predicted octanol–water partition coefficient (Wildman–Crippen LogP) is 4.89. The smallest absolute Gasteiger partial charge is 0.243 e. The van der Waals surface area contributed by atoms with E-state index >= 15 is 0 Å². The Morgan fingerprint density at radius 1 is 1.00 bits per heavy atom. The molecule has 0 unspecified atom stereocenters. The highest BCUT2D eigenvalue weighted by atomic mass is 35.5. The van der Waals surface area contributed by atoms with Crippen molar-refractivity contribution in [1.29, 1.82) is 0 Å². The number of rotatable bonds is 6. The molecule has 0 radical (unpaired) electrons. The maximum absolute atomic E-state index is 12.0. The van der Waals surface area contributed by atoms with E-state index in [1.165, 1.54) is 0 Å². The summed E-state index contributed by atoms with van der Waals surface area (Å²) < 4.78 is 5.70. The summed E-state index contributed by atoms with van der Waals surface area (Å²) in [4.78, 5) is 16.0. The number of anilines is 2. The van der Waals surface area contributed by atoms with E-state index in [1.807, 2.05) is 43.3 Å². The molecular weight excluding hydrogens is 350 g/mol. The van der Waals surface area contributed by atoms with Crippen LogP contribution in [0.5, 0.6) is 11.5 Å². The minimum absolute atomic E-state index is 0.149. The molecule has 1 heterocycles. The van der Waals surface area contributed by atoms with Gasteiger partial charge in [-0.3, -0.25) is 9.78 Å². The molecule has 5 nitrogen and oxygen atoms in total. The topological polar surface area (TPSA) is 63.2 Å². The van der Waals surface area contributed by atoms with Crippen LogP contribution in [0.2, 0.25) is 5.02 Å². The average Bonchev–Trinajstić information content (AvgIpc) is 2.65. The van der Waals surface area contributed by atoms with Crippen LogP contribution in [0, 0.1) is 6.92 Å². The van der Waals surface area contributed by atoms with Crippen molar-refractivity contribution in [2.75, 3.05) is 17.2 Å². The van der Waals surface area contributed by atoms with Gasteiger partial charge in [-0.1, -0.05) is 17.7 Å². The van der Waals surface area contributed by atoms with Crippen molar-refractivity contribution >= 4 is 28.9 Å². The second-order valence-electron chi connectivity index (χ2n) is 5.68. The van der Waals surface area contributed by atoms with Crippen LogP contribution in [-0.2, 0) is 4.79 Å². The summed E-state index contributed by atoms with van der Waals surface area (Å²) in [6.45, 7) is 2.06. The van der Waals surface area contributed by atoms with Gasteiger partial charge in [0.1, 0.15) is 11.5 Å². The number of carbonyl (C=O) groups is 1. The summed E-state index contributed by atoms with van der Waals surface area (Å²) in [7, 11) is 0. The lowest BCUT2D eigenvalue weighted by atomic mass is 10.2. The number of aromatic nitrogens is 1. The Kier molecular flexibility index (Phi) is 5.71. The summed E-state index contributed by atoms with van der Waals surface area (Å²) >= 11 is 6.06. The monoisotopic (exact) mass is 367 g/mol. The van der Waals surface area contributed by atoms with E-state index in [4.69, 9.17) is 16.3 Å². The Morgan fingerprint density at radius 3 is 2.35 bits per heavy atom. The Bertz CT molecular complexity index is 883. The van der Waals surface area contributed by atoms with Gasteiger partial charge in [-0.05, 0) is 61.0 Å². The van der Waals surface area contributed by atoms with Crippen molar-refractivity contribution < 1.29 is 9.53 Å². The largest absolute Gasteiger partial charge is 0.457 e. The molecule has 2 aromatic carbocycles. The number of aryl methyl sites for hydroxylation is 1. The molecule has 6 heteroatoms. The summed E-state index contributed by atoms with van der Waals surface area (Å²) in [5, 5.41) is 6.50. The highest BCUT2D eigenvalue weighted by Gasteiger charge is 2.04. The number of halogens is 1. The van der Waals surface area contributed by atoms with Gasteiger partial charge >= 0.3 is 0 Å². The predicted molar refractivity (Wildman–Crippen MR) is 104 cm³/mol. The third kappa shape index (κ3) is 4.97. The molecule has 0 atom stereocenters. The molecule has 3 aromatic rings. The van der Waals surface area contributed by atoms with Crippen LogP contribution < -0.4 is 15.4 Å². The number of amides is 1. The van der Waals surface area contributed by atoms with Gasteiger partial charge in [0.25, 0.3) is 0 Å². The van der Waals surface area contributed by atoms with Crippen molar-refractivity contribution in [3.8, 4) is 11.5 Å². The van der Waals surface area contributed by atoms with Gasteiger partial charge in [-0.15, -0.1) is 0 Å². The molecule has 0 aliphatic heterocycles. The van der Waals surface area contributed by atoms with Crippen molar-refractivity contribution in [3.05, 3.63) is 77.6 Å². The van der Waals surface area contributed by atoms with Gasteiger partial charge in [-0.2, -0.15) is 0 Å². The molecule has 2 N–H and O–H groups in total. The highest BCUT2D eigenvalue weighted by molar-refractivity contribution is 6.31. The van der Waals surface area contributed by atoms with Gasteiger partial charge in [0.05, 0.1) is 6.54 Å². The Morgan fingerprint density at radius 2 is 1.65 bits per heavy atom. The van der Waals surface area contributed by atoms with Crippen LogP contribution in [-0.4, -0.2) is 17.4 Å². The zero-order valence-corrected chi connectivity index (χ0v) is 15.0. The van der Waals surface area contributed by atoms with E-state index in [1.54, 1.807) is 30.6 Å². The normalized spacial score (nSPS) is 10.2. The minimum Gasteiger partial charge on any atom is -0.457 e. The highest BCUT2D eigenvalue weighted by Crippen LogP contribution is 2.22. The molecule has 26 heavy (non-hydrogen) atoms. The molecule has 132 valence electrons. The number of hydrogen-bond acceptors (Lipinski definition) is 4. The van der Waals surface area contributed by atoms with Crippen molar-refractivity contribution in [1.82, 2.24) is 4.98 Å². The Labute approximate surface area is 157 Å². The number of pyridine rings is 1. The second kappa shape index (κ2) is 8.36. The molecule has 0 aliphatic rings. The molecule has 0 saturated heterocycles. The first-order valence-electron chi connectivity index (χ1n) is 8.08. The van der Waals surface area contributed by atoms with Crippen molar-refractivity contribution in [3.63, 3.8) is 0 Å². The molecule has 0 bridgehead atoms. The van der Waals surface area contributed by atoms with Gasteiger partial charge in [0, 0.05) is 28.8 Å². The molecular formula is C20H18ClN3O2. The number of ether oxygens (including phenoxy) is 1. The minimum atomic E-state index is -0.151. The van der Waals surface area contributed by atoms with E-state index in [9.17, 15) is 4.79 Å². The van der Waals surface area contributed by atoms with Crippen molar-refractivity contribution in [2.45, 2.75) is 6.92 Å². The fourth-order valence-electron chi connectivity index (χ4n) is 2.24. The number of benzene rings is 2. The fourth-order valence-corrected chi connectivity index (χ4v) is 2.42. The summed E-state index contributed by atoms with van der Waals surface area (Å²) in [6, 6.07) is 16.4. The number of nitrogens with one attached hydrogen (secondary N) is 2. The zero-order valence-electron chi connectivity index (χ0n) is 14.2. The van der Waals surface area contributed by atoms with Crippen LogP contribution in [0.15, 0.2) is 67.0 Å². The van der Waals surface area contributed by atoms with Crippen molar-refractivity contribution in [2.24, 2.45) is 0 Å². The van der Waals surface area contributed by atoms with E-state index in [2.05, 4.69) is 15.6 Å². The van der Waals surface area contributed by atoms with E-state index in [-0.39, 0.29) is 12.5 Å². The number of nitrogens with zero attached hydrogens (tertiary/aromatic N) is 1. The molecule has 0 fully saturated rings. The van der Waals surface area contributed by atoms with Crippen LogP contribution >= 0.6 is 11.6 Å². The van der Waals surface area contributed by atoms with Crippen LogP contribution in [0.25, 0.3) is 0 Å². The first kappa shape index (κ1) is 17.8. The lowest BCUT2D eigenvalue weighted by Gasteiger charge is -2.10. The maximum atomic E-state index is 12.0. The average molecular weight is 368 g/mol. The fraction of sp³-hybridized carbons (Fsp3) is 0.100. The molecule has 3 rings (SSSR count). The third-order valence-electron chi connectivity index (χ3n) is 3.65. The van der Waals surface area contributed by atoms with Gasteiger partial charge < -0.3 is 15.4 Å². The Balaban J connectivity index is 1.51. The summed E-state index contributed by atoms with van der Waals surface area (Å²) in [5.41, 5.74) is 2.47. The molecule has 1 aromatic heterocycles. The SMILES string of the molecule is Cc1ccc(NC(=O)CNc2ccc(Oc3ccncc3)cc2)cc1Cl. The first-order valence-corrected chi connectivity index (χ1v) is 8.46. The molecule has 0 saturated carbocycles. The zero-order chi connectivity index (χ0) is 18.4. The molecule has 0 aliphatic carbocycles. The summed E-state index contributed by atoms with van der Waals surface area (Å²) in [5.74, 6) is 1.28. The van der Waals surface area contributed by atoms with Gasteiger partial charge in [-0.25, -0.2) is 0 Å². The van der Waals surface area contributed by atoms with Gasteiger partial charge in [0.2, 0.25) is 5.91 Å². The van der Waals surface area contributed by atoms with E-state index < -0.39 is 0 Å². The standard InChI is InChI=1S/C20H18ClN3O2/c1-14-2-3-16(12-19(14)21)24-20(25)13-23-15-4-6-17(7-5-15)26-18-8-10-22-11-9-18/h2-12,23H,13H2,1H3,(H,24,25). The summed E-state index contributed by atoms with van der Waals surface area (Å²) in [6.07, 6.45) is 3.34.